The standard InChI is InChI=1S/C13H25NO3/c1-3-4-5-6-7-8-9-12(15)10-14(2)11-13(16)17/h3-11H2,1-2H3,(H,16,17). The van der Waals surface area contributed by atoms with Gasteiger partial charge in [-0.25, -0.2) is 0 Å². The van der Waals surface area contributed by atoms with E-state index >= 15 is 0 Å². The van der Waals surface area contributed by atoms with Crippen LogP contribution in [-0.4, -0.2) is 41.9 Å². The molecule has 0 rings (SSSR count). The molecule has 17 heavy (non-hydrogen) atoms. The highest BCUT2D eigenvalue weighted by Gasteiger charge is 2.09. The summed E-state index contributed by atoms with van der Waals surface area (Å²) in [4.78, 5) is 23.4. The SMILES string of the molecule is CCCCCCCCC(=O)CN(C)CC(=O)O. The third-order valence-electron chi connectivity index (χ3n) is 2.66. The second kappa shape index (κ2) is 10.3. The van der Waals surface area contributed by atoms with Gasteiger partial charge in [0.1, 0.15) is 5.78 Å². The van der Waals surface area contributed by atoms with Crippen LogP contribution in [0.5, 0.6) is 0 Å². The van der Waals surface area contributed by atoms with E-state index in [9.17, 15) is 9.59 Å². The second-order valence-corrected chi connectivity index (χ2v) is 4.62. The van der Waals surface area contributed by atoms with Gasteiger partial charge in [-0.2, -0.15) is 0 Å². The summed E-state index contributed by atoms with van der Waals surface area (Å²) in [5.41, 5.74) is 0. The number of ketones is 1. The average molecular weight is 243 g/mol. The number of likely N-dealkylation sites (N-methyl/N-ethyl adjacent to an activating group) is 1. The molecule has 4 nitrogen and oxygen atoms in total. The molecule has 100 valence electrons. The van der Waals surface area contributed by atoms with Crippen molar-refractivity contribution in [3.8, 4) is 0 Å². The van der Waals surface area contributed by atoms with Crippen molar-refractivity contribution in [2.24, 2.45) is 0 Å². The second-order valence-electron chi connectivity index (χ2n) is 4.62. The molecule has 0 aliphatic carbocycles. The molecule has 0 aromatic carbocycles. The van der Waals surface area contributed by atoms with Crippen LogP contribution in [0.3, 0.4) is 0 Å². The summed E-state index contributed by atoms with van der Waals surface area (Å²) < 4.78 is 0. The first-order valence-corrected chi connectivity index (χ1v) is 6.48. The highest BCUT2D eigenvalue weighted by molar-refractivity contribution is 5.81. The lowest BCUT2D eigenvalue weighted by atomic mass is 10.1. The minimum absolute atomic E-state index is 0.0672. The molecular formula is C13H25NO3. The highest BCUT2D eigenvalue weighted by Crippen LogP contribution is 2.07. The molecule has 0 aromatic rings. The maximum Gasteiger partial charge on any atom is 0.317 e. The summed E-state index contributed by atoms with van der Waals surface area (Å²) in [6.45, 7) is 2.37. The predicted octanol–water partition coefficient (Wildman–Crippen LogP) is 2.32. The van der Waals surface area contributed by atoms with Crippen LogP contribution in [0.4, 0.5) is 0 Å². The maximum absolute atomic E-state index is 11.5. The van der Waals surface area contributed by atoms with E-state index in [1.54, 1.807) is 11.9 Å². The van der Waals surface area contributed by atoms with Crippen molar-refractivity contribution in [2.45, 2.75) is 51.9 Å². The van der Waals surface area contributed by atoms with Crippen molar-refractivity contribution < 1.29 is 14.7 Å². The van der Waals surface area contributed by atoms with Gasteiger partial charge >= 0.3 is 5.97 Å². The molecule has 0 atom stereocenters. The number of carbonyl (C=O) groups is 2. The van der Waals surface area contributed by atoms with E-state index in [0.717, 1.165) is 12.8 Å². The van der Waals surface area contributed by atoms with Gasteiger partial charge in [0.15, 0.2) is 0 Å². The number of Topliss-reactive ketones (excluding diaryl/α,β-unsaturated/α-hetero) is 1. The van der Waals surface area contributed by atoms with Crippen molar-refractivity contribution in [3.63, 3.8) is 0 Å². The summed E-state index contributed by atoms with van der Waals surface area (Å²) in [6, 6.07) is 0. The van der Waals surface area contributed by atoms with Crippen LogP contribution < -0.4 is 0 Å². The molecule has 1 N–H and O–H groups in total. The molecule has 0 saturated heterocycles. The van der Waals surface area contributed by atoms with Crippen LogP contribution in [0.25, 0.3) is 0 Å². The first kappa shape index (κ1) is 16.1. The van der Waals surface area contributed by atoms with E-state index in [0.29, 0.717) is 6.42 Å². The molecule has 0 aliphatic rings. The van der Waals surface area contributed by atoms with Crippen LogP contribution in [0.1, 0.15) is 51.9 Å². The number of carbonyl (C=O) groups excluding carboxylic acids is 1. The fourth-order valence-electron chi connectivity index (χ4n) is 1.77. The summed E-state index contributed by atoms with van der Waals surface area (Å²) in [5, 5.41) is 8.54. The van der Waals surface area contributed by atoms with Crippen molar-refractivity contribution in [1.29, 1.82) is 0 Å². The number of carboxylic acid groups (broad SMARTS) is 1. The lowest BCUT2D eigenvalue weighted by molar-refractivity contribution is -0.138. The molecule has 0 saturated carbocycles. The normalized spacial score (nSPS) is 10.8. The molecule has 0 aromatic heterocycles. The van der Waals surface area contributed by atoms with Gasteiger partial charge < -0.3 is 5.11 Å². The number of carboxylic acids is 1. The minimum atomic E-state index is -0.889. The van der Waals surface area contributed by atoms with Crippen molar-refractivity contribution in [1.82, 2.24) is 4.90 Å². The smallest absolute Gasteiger partial charge is 0.317 e. The van der Waals surface area contributed by atoms with E-state index in [2.05, 4.69) is 6.92 Å². The van der Waals surface area contributed by atoms with Gasteiger partial charge in [0, 0.05) is 6.42 Å². The van der Waals surface area contributed by atoms with Gasteiger partial charge in [0.25, 0.3) is 0 Å². The largest absolute Gasteiger partial charge is 0.480 e. The zero-order chi connectivity index (χ0) is 13.1. The van der Waals surface area contributed by atoms with E-state index in [1.165, 1.54) is 25.7 Å². The Morgan fingerprint density at radius 2 is 1.59 bits per heavy atom. The van der Waals surface area contributed by atoms with Crippen molar-refractivity contribution in [2.75, 3.05) is 20.1 Å². The first-order chi connectivity index (χ1) is 8.06. The molecule has 0 spiro atoms. The Morgan fingerprint density at radius 3 is 2.18 bits per heavy atom. The number of aliphatic carboxylic acids is 1. The highest BCUT2D eigenvalue weighted by atomic mass is 16.4. The third-order valence-corrected chi connectivity index (χ3v) is 2.66. The van der Waals surface area contributed by atoms with Gasteiger partial charge in [0.2, 0.25) is 0 Å². The number of unbranched alkanes of at least 4 members (excludes halogenated alkanes) is 5. The van der Waals surface area contributed by atoms with E-state index in [-0.39, 0.29) is 18.9 Å². The monoisotopic (exact) mass is 243 g/mol. The molecule has 0 amide bonds. The Labute approximate surface area is 104 Å². The Morgan fingerprint density at radius 1 is 1.00 bits per heavy atom. The minimum Gasteiger partial charge on any atom is -0.480 e. The van der Waals surface area contributed by atoms with E-state index in [4.69, 9.17) is 5.11 Å². The third kappa shape index (κ3) is 11.4. The number of rotatable bonds is 11. The van der Waals surface area contributed by atoms with Gasteiger partial charge in [0.05, 0.1) is 13.1 Å². The van der Waals surface area contributed by atoms with Crippen LogP contribution in [0, 0.1) is 0 Å². The van der Waals surface area contributed by atoms with E-state index in [1.807, 2.05) is 0 Å². The Bertz CT molecular complexity index is 229. The lowest BCUT2D eigenvalue weighted by Crippen LogP contribution is -2.30. The Kier molecular flexibility index (Phi) is 9.72. The first-order valence-electron chi connectivity index (χ1n) is 6.48. The number of hydrogen-bond donors (Lipinski definition) is 1. The van der Waals surface area contributed by atoms with Gasteiger partial charge in [-0.1, -0.05) is 39.0 Å². The zero-order valence-electron chi connectivity index (χ0n) is 11.1. The molecule has 0 unspecified atom stereocenters. The molecule has 4 heteroatoms. The molecule has 0 aliphatic heterocycles. The van der Waals surface area contributed by atoms with Crippen LogP contribution in [0.2, 0.25) is 0 Å². The summed E-state index contributed by atoms with van der Waals surface area (Å²) in [7, 11) is 1.66. The molecule has 0 radical (unpaired) electrons. The van der Waals surface area contributed by atoms with Crippen LogP contribution >= 0.6 is 0 Å². The predicted molar refractivity (Wildman–Crippen MR) is 68.1 cm³/mol. The fraction of sp³-hybridized carbons (Fsp3) is 0.846. The molecule has 0 bridgehead atoms. The summed E-state index contributed by atoms with van der Waals surface area (Å²) in [6.07, 6.45) is 7.58. The lowest BCUT2D eigenvalue weighted by Gasteiger charge is -2.12. The number of nitrogens with zero attached hydrogens (tertiary/aromatic N) is 1. The Balaban J connectivity index is 3.43. The quantitative estimate of drug-likeness (QED) is 0.566. The molecular weight excluding hydrogens is 218 g/mol. The van der Waals surface area contributed by atoms with Crippen molar-refractivity contribution >= 4 is 11.8 Å². The fourth-order valence-corrected chi connectivity index (χ4v) is 1.77. The van der Waals surface area contributed by atoms with Crippen LogP contribution in [-0.2, 0) is 9.59 Å². The van der Waals surface area contributed by atoms with Gasteiger partial charge in [-0.05, 0) is 13.5 Å². The summed E-state index contributed by atoms with van der Waals surface area (Å²) in [5.74, 6) is -0.746. The van der Waals surface area contributed by atoms with Gasteiger partial charge in [-0.3, -0.25) is 14.5 Å². The van der Waals surface area contributed by atoms with Crippen molar-refractivity contribution in [3.05, 3.63) is 0 Å². The average Bonchev–Trinajstić information content (AvgIpc) is 2.21. The molecule has 0 heterocycles. The summed E-state index contributed by atoms with van der Waals surface area (Å²) >= 11 is 0. The van der Waals surface area contributed by atoms with Gasteiger partial charge in [-0.15, -0.1) is 0 Å². The van der Waals surface area contributed by atoms with Crippen LogP contribution in [0.15, 0.2) is 0 Å². The Hall–Kier alpha value is -0.900. The number of hydrogen-bond acceptors (Lipinski definition) is 3. The topological polar surface area (TPSA) is 57.6 Å². The zero-order valence-corrected chi connectivity index (χ0v) is 11.1. The maximum atomic E-state index is 11.5. The van der Waals surface area contributed by atoms with E-state index < -0.39 is 5.97 Å². The molecule has 0 fully saturated rings.